The van der Waals surface area contributed by atoms with Crippen LogP contribution in [-0.4, -0.2) is 26.9 Å². The molecule has 0 aliphatic carbocycles. The lowest BCUT2D eigenvalue weighted by molar-refractivity contribution is -0.120. The van der Waals surface area contributed by atoms with Gasteiger partial charge < -0.3 is 5.32 Å². The van der Waals surface area contributed by atoms with Gasteiger partial charge in [0.2, 0.25) is 5.91 Å². The molecular weight excluding hydrogens is 343 g/mol. The predicted octanol–water partition coefficient (Wildman–Crippen LogP) is 2.94. The van der Waals surface area contributed by atoms with Crippen LogP contribution in [0.1, 0.15) is 20.3 Å². The van der Waals surface area contributed by atoms with Gasteiger partial charge in [-0.2, -0.15) is 0 Å². The van der Waals surface area contributed by atoms with Crippen LogP contribution in [-0.2, 0) is 14.8 Å². The lowest BCUT2D eigenvalue weighted by Crippen LogP contribution is -2.43. The van der Waals surface area contributed by atoms with E-state index in [1.54, 1.807) is 18.2 Å². The fourth-order valence-corrected chi connectivity index (χ4v) is 3.68. The minimum Gasteiger partial charge on any atom is -0.352 e. The molecule has 2 aromatic carbocycles. The first-order valence-electron chi connectivity index (χ1n) is 7.98. The molecule has 2 aromatic rings. The molecule has 0 spiro atoms. The van der Waals surface area contributed by atoms with Crippen LogP contribution in [0.5, 0.6) is 0 Å². The SMILES string of the molecule is CCC(C)NC(=O)CN(c1ccccc1F)S(=O)(=O)c1ccccc1. The zero-order valence-electron chi connectivity index (χ0n) is 14.1. The summed E-state index contributed by atoms with van der Waals surface area (Å²) in [7, 11) is -4.08. The number of sulfonamides is 1. The number of para-hydroxylation sites is 1. The Morgan fingerprint density at radius 1 is 1.12 bits per heavy atom. The number of benzene rings is 2. The van der Waals surface area contributed by atoms with E-state index in [0.29, 0.717) is 6.42 Å². The Balaban J connectivity index is 2.43. The molecule has 0 fully saturated rings. The minimum atomic E-state index is -4.08. The highest BCUT2D eigenvalue weighted by Gasteiger charge is 2.29. The highest BCUT2D eigenvalue weighted by atomic mass is 32.2. The summed E-state index contributed by atoms with van der Waals surface area (Å²) in [6.07, 6.45) is 0.705. The molecule has 134 valence electrons. The van der Waals surface area contributed by atoms with Crippen LogP contribution in [0.25, 0.3) is 0 Å². The van der Waals surface area contributed by atoms with Gasteiger partial charge in [-0.1, -0.05) is 37.3 Å². The van der Waals surface area contributed by atoms with Gasteiger partial charge in [-0.25, -0.2) is 12.8 Å². The van der Waals surface area contributed by atoms with Gasteiger partial charge >= 0.3 is 0 Å². The number of carbonyl (C=O) groups excluding carboxylic acids is 1. The third kappa shape index (κ3) is 4.57. The van der Waals surface area contributed by atoms with Crippen LogP contribution < -0.4 is 9.62 Å². The Labute approximate surface area is 147 Å². The van der Waals surface area contributed by atoms with E-state index in [1.165, 1.54) is 30.3 Å². The molecule has 1 unspecified atom stereocenters. The van der Waals surface area contributed by atoms with Crippen molar-refractivity contribution in [3.63, 3.8) is 0 Å². The van der Waals surface area contributed by atoms with Gasteiger partial charge in [-0.05, 0) is 37.6 Å². The number of halogens is 1. The van der Waals surface area contributed by atoms with Gasteiger partial charge in [0.15, 0.2) is 0 Å². The summed E-state index contributed by atoms with van der Waals surface area (Å²) in [5.74, 6) is -1.20. The van der Waals surface area contributed by atoms with E-state index in [0.717, 1.165) is 10.4 Å². The van der Waals surface area contributed by atoms with E-state index in [2.05, 4.69) is 5.32 Å². The van der Waals surface area contributed by atoms with Gasteiger partial charge in [-0.15, -0.1) is 0 Å². The molecule has 1 N–H and O–H groups in total. The summed E-state index contributed by atoms with van der Waals surface area (Å²) in [4.78, 5) is 12.2. The topological polar surface area (TPSA) is 66.5 Å². The average Bonchev–Trinajstić information content (AvgIpc) is 2.61. The lowest BCUT2D eigenvalue weighted by atomic mass is 10.2. The minimum absolute atomic E-state index is 0.00501. The number of anilines is 1. The molecular formula is C18H21FN2O3S. The monoisotopic (exact) mass is 364 g/mol. The first-order valence-corrected chi connectivity index (χ1v) is 9.42. The van der Waals surface area contributed by atoms with E-state index in [1.807, 2.05) is 13.8 Å². The van der Waals surface area contributed by atoms with Crippen molar-refractivity contribution >= 4 is 21.6 Å². The zero-order valence-corrected chi connectivity index (χ0v) is 15.0. The summed E-state index contributed by atoms with van der Waals surface area (Å²) in [5.41, 5.74) is -0.161. The van der Waals surface area contributed by atoms with Crippen molar-refractivity contribution in [2.24, 2.45) is 0 Å². The fraction of sp³-hybridized carbons (Fsp3) is 0.278. The first kappa shape index (κ1) is 18.9. The predicted molar refractivity (Wildman–Crippen MR) is 95.3 cm³/mol. The summed E-state index contributed by atoms with van der Waals surface area (Å²) in [6, 6.07) is 13.0. The molecule has 0 aromatic heterocycles. The molecule has 0 bridgehead atoms. The number of carbonyl (C=O) groups is 1. The first-order chi connectivity index (χ1) is 11.9. The second-order valence-corrected chi connectivity index (χ2v) is 7.52. The van der Waals surface area contributed by atoms with Gasteiger partial charge in [0, 0.05) is 6.04 Å². The number of nitrogens with zero attached hydrogens (tertiary/aromatic N) is 1. The molecule has 1 amide bonds. The Bertz CT molecular complexity index is 825. The maximum Gasteiger partial charge on any atom is 0.264 e. The van der Waals surface area contributed by atoms with Crippen LogP contribution in [0, 0.1) is 5.82 Å². The molecule has 0 heterocycles. The van der Waals surface area contributed by atoms with Crippen LogP contribution >= 0.6 is 0 Å². The van der Waals surface area contributed by atoms with E-state index >= 15 is 0 Å². The van der Waals surface area contributed by atoms with Crippen molar-refractivity contribution in [3.05, 3.63) is 60.4 Å². The second kappa shape index (κ2) is 8.11. The summed E-state index contributed by atoms with van der Waals surface area (Å²) in [5, 5.41) is 2.71. The Morgan fingerprint density at radius 3 is 2.32 bits per heavy atom. The van der Waals surface area contributed by atoms with Gasteiger partial charge in [0.1, 0.15) is 12.4 Å². The maximum absolute atomic E-state index is 14.2. The highest BCUT2D eigenvalue weighted by Crippen LogP contribution is 2.25. The number of rotatable bonds is 7. The summed E-state index contributed by atoms with van der Waals surface area (Å²) in [6.45, 7) is 3.22. The third-order valence-corrected chi connectivity index (χ3v) is 5.53. The molecule has 7 heteroatoms. The number of amides is 1. The van der Waals surface area contributed by atoms with Crippen LogP contribution in [0.4, 0.5) is 10.1 Å². The molecule has 1 atom stereocenters. The number of hydrogen-bond acceptors (Lipinski definition) is 3. The molecule has 0 aliphatic rings. The zero-order chi connectivity index (χ0) is 18.4. The highest BCUT2D eigenvalue weighted by molar-refractivity contribution is 7.92. The van der Waals surface area contributed by atoms with E-state index in [4.69, 9.17) is 0 Å². The van der Waals surface area contributed by atoms with Gasteiger partial charge in [-0.3, -0.25) is 9.10 Å². The Kier molecular flexibility index (Phi) is 6.14. The fourth-order valence-electron chi connectivity index (χ4n) is 2.23. The largest absolute Gasteiger partial charge is 0.352 e. The lowest BCUT2D eigenvalue weighted by Gasteiger charge is -2.25. The van der Waals surface area contributed by atoms with E-state index in [-0.39, 0.29) is 16.6 Å². The van der Waals surface area contributed by atoms with Crippen molar-refractivity contribution in [2.45, 2.75) is 31.2 Å². The van der Waals surface area contributed by atoms with E-state index in [9.17, 15) is 17.6 Å². The van der Waals surface area contributed by atoms with Gasteiger partial charge in [0.05, 0.1) is 10.6 Å². The molecule has 2 rings (SSSR count). The summed E-state index contributed by atoms with van der Waals surface area (Å²) < 4.78 is 40.9. The maximum atomic E-state index is 14.2. The van der Waals surface area contributed by atoms with E-state index < -0.39 is 28.3 Å². The summed E-state index contributed by atoms with van der Waals surface area (Å²) >= 11 is 0. The molecule has 5 nitrogen and oxygen atoms in total. The van der Waals surface area contributed by atoms with Crippen LogP contribution in [0.2, 0.25) is 0 Å². The Morgan fingerprint density at radius 2 is 1.72 bits per heavy atom. The van der Waals surface area contributed by atoms with Crippen molar-refractivity contribution in [1.82, 2.24) is 5.32 Å². The molecule has 0 saturated heterocycles. The standard InChI is InChI=1S/C18H21FN2O3S/c1-3-14(2)20-18(22)13-21(17-12-8-7-11-16(17)19)25(23,24)15-9-5-4-6-10-15/h4-12,14H,3,13H2,1-2H3,(H,20,22). The Hall–Kier alpha value is -2.41. The molecule has 0 saturated carbocycles. The van der Waals surface area contributed by atoms with Crippen molar-refractivity contribution in [2.75, 3.05) is 10.8 Å². The molecule has 0 radical (unpaired) electrons. The van der Waals surface area contributed by atoms with Crippen LogP contribution in [0.3, 0.4) is 0 Å². The number of hydrogen-bond donors (Lipinski definition) is 1. The number of nitrogens with one attached hydrogen (secondary N) is 1. The van der Waals surface area contributed by atoms with Gasteiger partial charge in [0.25, 0.3) is 10.0 Å². The third-order valence-electron chi connectivity index (χ3n) is 3.76. The average molecular weight is 364 g/mol. The van der Waals surface area contributed by atoms with Crippen molar-refractivity contribution in [3.8, 4) is 0 Å². The molecule has 0 aliphatic heterocycles. The smallest absolute Gasteiger partial charge is 0.264 e. The van der Waals surface area contributed by atoms with Crippen LogP contribution in [0.15, 0.2) is 59.5 Å². The molecule has 25 heavy (non-hydrogen) atoms. The van der Waals surface area contributed by atoms with Crippen molar-refractivity contribution < 1.29 is 17.6 Å². The van der Waals surface area contributed by atoms with Crippen molar-refractivity contribution in [1.29, 1.82) is 0 Å². The normalized spacial score (nSPS) is 12.4. The quantitative estimate of drug-likeness (QED) is 0.821. The second-order valence-electron chi connectivity index (χ2n) is 5.65.